The molecule has 0 unspecified atom stereocenters. The summed E-state index contributed by atoms with van der Waals surface area (Å²) in [5.74, 6) is -1.95. The first-order valence-corrected chi connectivity index (χ1v) is 10.5. The van der Waals surface area contributed by atoms with E-state index >= 15 is 0 Å². The van der Waals surface area contributed by atoms with Gasteiger partial charge >= 0.3 is 0 Å². The molecule has 30 heavy (non-hydrogen) atoms. The fourth-order valence-electron chi connectivity index (χ4n) is 3.31. The van der Waals surface area contributed by atoms with Crippen LogP contribution in [0.4, 0.5) is 14.5 Å². The van der Waals surface area contributed by atoms with Crippen molar-refractivity contribution in [1.82, 2.24) is 3.97 Å². The maximum absolute atomic E-state index is 13.7. The second kappa shape index (κ2) is 7.79. The second-order valence-electron chi connectivity index (χ2n) is 6.60. The lowest BCUT2D eigenvalue weighted by Gasteiger charge is -2.15. The largest absolute Gasteiger partial charge is 0.494 e. The third-order valence-corrected chi connectivity index (χ3v) is 6.50. The number of benzene rings is 3. The Labute approximate surface area is 172 Å². The Kier molecular flexibility index (Phi) is 5.17. The molecule has 3 aromatic carbocycles. The van der Waals surface area contributed by atoms with Crippen LogP contribution in [-0.2, 0) is 16.6 Å². The van der Waals surface area contributed by atoms with Crippen LogP contribution in [0.2, 0.25) is 0 Å². The lowest BCUT2D eigenvalue weighted by atomic mass is 10.2. The Bertz CT molecular complexity index is 1320. The fourth-order valence-corrected chi connectivity index (χ4v) is 4.88. The van der Waals surface area contributed by atoms with Gasteiger partial charge in [0.1, 0.15) is 5.75 Å². The molecule has 1 aromatic heterocycles. The molecular formula is C22H18F2N2O3S. The first-order chi connectivity index (χ1) is 14.4. The average molecular weight is 428 g/mol. The summed E-state index contributed by atoms with van der Waals surface area (Å²) in [6, 6.07) is 18.9. The number of anilines is 1. The minimum atomic E-state index is -3.88. The van der Waals surface area contributed by atoms with Crippen LogP contribution in [-0.4, -0.2) is 19.5 Å². The summed E-state index contributed by atoms with van der Waals surface area (Å²) in [4.78, 5) is 0.151. The summed E-state index contributed by atoms with van der Waals surface area (Å²) in [5.41, 5.74) is 1.17. The number of nitrogens with zero attached hydrogens (tertiary/aromatic N) is 1. The quantitative estimate of drug-likeness (QED) is 0.480. The fraction of sp³-hybridized carbons (Fsp3) is 0.0909. The molecule has 0 saturated heterocycles. The van der Waals surface area contributed by atoms with Crippen LogP contribution >= 0.6 is 0 Å². The van der Waals surface area contributed by atoms with Gasteiger partial charge in [-0.3, -0.25) is 0 Å². The molecule has 0 aliphatic carbocycles. The standard InChI is InChI=1S/C22H18F2N2O3S/c1-29-22-13-19(24)18(23)12-20(22)25-14-16-11-15-7-5-6-10-21(15)26(16)30(27,28)17-8-3-2-4-9-17/h2-13,25H,14H2,1H3. The molecule has 0 radical (unpaired) electrons. The van der Waals surface area contributed by atoms with Crippen molar-refractivity contribution in [2.24, 2.45) is 0 Å². The van der Waals surface area contributed by atoms with Gasteiger partial charge in [0.05, 0.1) is 35.4 Å². The number of halogens is 2. The maximum Gasteiger partial charge on any atom is 0.268 e. The number of aromatic nitrogens is 1. The van der Waals surface area contributed by atoms with Gasteiger partial charge in [-0.1, -0.05) is 36.4 Å². The molecule has 4 aromatic rings. The average Bonchev–Trinajstić information content (AvgIpc) is 3.14. The number of hydrogen-bond donors (Lipinski definition) is 1. The van der Waals surface area contributed by atoms with Crippen molar-refractivity contribution >= 4 is 26.6 Å². The molecule has 1 heterocycles. The Morgan fingerprint density at radius 3 is 2.33 bits per heavy atom. The third-order valence-electron chi connectivity index (χ3n) is 4.72. The molecule has 0 aliphatic rings. The highest BCUT2D eigenvalue weighted by atomic mass is 32.2. The van der Waals surface area contributed by atoms with E-state index in [4.69, 9.17) is 4.74 Å². The number of para-hydroxylation sites is 1. The lowest BCUT2D eigenvalue weighted by molar-refractivity contribution is 0.408. The van der Waals surface area contributed by atoms with Crippen molar-refractivity contribution in [3.05, 3.63) is 90.1 Å². The molecule has 0 atom stereocenters. The van der Waals surface area contributed by atoms with Gasteiger partial charge in [-0.2, -0.15) is 0 Å². The van der Waals surface area contributed by atoms with Crippen LogP contribution in [0.1, 0.15) is 5.69 Å². The molecular weight excluding hydrogens is 410 g/mol. The first-order valence-electron chi connectivity index (χ1n) is 9.08. The zero-order valence-corrected chi connectivity index (χ0v) is 16.8. The summed E-state index contributed by atoms with van der Waals surface area (Å²) in [7, 11) is -2.53. The van der Waals surface area contributed by atoms with E-state index in [-0.39, 0.29) is 22.9 Å². The molecule has 0 aliphatic heterocycles. The van der Waals surface area contributed by atoms with Crippen molar-refractivity contribution in [1.29, 1.82) is 0 Å². The number of nitrogens with one attached hydrogen (secondary N) is 1. The normalized spacial score (nSPS) is 11.6. The molecule has 5 nitrogen and oxygen atoms in total. The Balaban J connectivity index is 1.80. The van der Waals surface area contributed by atoms with E-state index in [1.807, 2.05) is 12.1 Å². The molecule has 0 fully saturated rings. The van der Waals surface area contributed by atoms with Crippen molar-refractivity contribution < 1.29 is 21.9 Å². The van der Waals surface area contributed by atoms with Gasteiger partial charge in [-0.15, -0.1) is 0 Å². The van der Waals surface area contributed by atoms with E-state index in [1.54, 1.807) is 36.4 Å². The molecule has 154 valence electrons. The molecule has 1 N–H and O–H groups in total. The van der Waals surface area contributed by atoms with Crippen LogP contribution in [0.15, 0.2) is 77.7 Å². The third kappa shape index (κ3) is 3.50. The van der Waals surface area contributed by atoms with Gasteiger partial charge < -0.3 is 10.1 Å². The zero-order chi connectivity index (χ0) is 21.3. The van der Waals surface area contributed by atoms with Crippen LogP contribution in [0.5, 0.6) is 5.75 Å². The van der Waals surface area contributed by atoms with E-state index in [0.717, 1.165) is 17.5 Å². The van der Waals surface area contributed by atoms with Gasteiger partial charge in [-0.25, -0.2) is 21.2 Å². The summed E-state index contributed by atoms with van der Waals surface area (Å²) in [6.07, 6.45) is 0. The summed E-state index contributed by atoms with van der Waals surface area (Å²) < 4.78 is 60.3. The van der Waals surface area contributed by atoms with E-state index in [1.165, 1.54) is 23.2 Å². The predicted octanol–water partition coefficient (Wildman–Crippen LogP) is 4.78. The zero-order valence-electron chi connectivity index (χ0n) is 16.0. The summed E-state index contributed by atoms with van der Waals surface area (Å²) >= 11 is 0. The van der Waals surface area contributed by atoms with Gasteiger partial charge in [0.15, 0.2) is 11.6 Å². The van der Waals surface area contributed by atoms with Gasteiger partial charge in [0.2, 0.25) is 0 Å². The van der Waals surface area contributed by atoms with Crippen LogP contribution in [0.3, 0.4) is 0 Å². The summed E-state index contributed by atoms with van der Waals surface area (Å²) in [6.45, 7) is 0.0438. The number of ether oxygens (including phenoxy) is 1. The van der Waals surface area contributed by atoms with Gasteiger partial charge in [0, 0.05) is 17.5 Å². The summed E-state index contributed by atoms with van der Waals surface area (Å²) in [5, 5.41) is 3.70. The van der Waals surface area contributed by atoms with Crippen molar-refractivity contribution in [2.45, 2.75) is 11.4 Å². The van der Waals surface area contributed by atoms with Crippen molar-refractivity contribution in [3.8, 4) is 5.75 Å². The van der Waals surface area contributed by atoms with E-state index in [2.05, 4.69) is 5.32 Å². The molecule has 4 rings (SSSR count). The number of fused-ring (bicyclic) bond motifs is 1. The topological polar surface area (TPSA) is 60.3 Å². The van der Waals surface area contributed by atoms with Crippen molar-refractivity contribution in [2.75, 3.05) is 12.4 Å². The molecule has 0 amide bonds. The van der Waals surface area contributed by atoms with Crippen molar-refractivity contribution in [3.63, 3.8) is 0 Å². The maximum atomic E-state index is 13.7. The number of methoxy groups -OCH3 is 1. The van der Waals surface area contributed by atoms with Crippen LogP contribution in [0.25, 0.3) is 10.9 Å². The Hall–Kier alpha value is -3.39. The Morgan fingerprint density at radius 2 is 1.60 bits per heavy atom. The minimum absolute atomic E-state index is 0.0438. The Morgan fingerprint density at radius 1 is 0.933 bits per heavy atom. The SMILES string of the molecule is COc1cc(F)c(F)cc1NCc1cc2ccccc2n1S(=O)(=O)c1ccccc1. The monoisotopic (exact) mass is 428 g/mol. The lowest BCUT2D eigenvalue weighted by Crippen LogP contribution is -2.17. The molecule has 8 heteroatoms. The molecule has 0 spiro atoms. The van der Waals surface area contributed by atoms with Crippen LogP contribution in [0, 0.1) is 11.6 Å². The van der Waals surface area contributed by atoms with Gasteiger partial charge in [0.25, 0.3) is 10.0 Å². The second-order valence-corrected chi connectivity index (χ2v) is 8.38. The van der Waals surface area contributed by atoms with E-state index < -0.39 is 21.7 Å². The smallest absolute Gasteiger partial charge is 0.268 e. The van der Waals surface area contributed by atoms with E-state index in [0.29, 0.717) is 11.2 Å². The first kappa shape index (κ1) is 19.9. The highest BCUT2D eigenvalue weighted by molar-refractivity contribution is 7.90. The highest BCUT2D eigenvalue weighted by Gasteiger charge is 2.23. The predicted molar refractivity (Wildman–Crippen MR) is 111 cm³/mol. The van der Waals surface area contributed by atoms with Crippen LogP contribution < -0.4 is 10.1 Å². The van der Waals surface area contributed by atoms with E-state index in [9.17, 15) is 17.2 Å². The molecule has 0 bridgehead atoms. The minimum Gasteiger partial charge on any atom is -0.494 e. The van der Waals surface area contributed by atoms with Gasteiger partial charge in [-0.05, 0) is 24.3 Å². The molecule has 0 saturated carbocycles. The highest BCUT2D eigenvalue weighted by Crippen LogP contribution is 2.30. The number of hydrogen-bond acceptors (Lipinski definition) is 4. The number of rotatable bonds is 6.